The van der Waals surface area contributed by atoms with Crippen molar-refractivity contribution in [1.29, 1.82) is 0 Å². The van der Waals surface area contributed by atoms with Crippen LogP contribution < -0.4 is 9.47 Å². The van der Waals surface area contributed by atoms with E-state index in [-0.39, 0.29) is 4.90 Å². The number of benzene rings is 4. The molecule has 0 amide bonds. The molecule has 13 heteroatoms. The maximum atomic E-state index is 13.6. The van der Waals surface area contributed by atoms with Crippen LogP contribution in [0.4, 0.5) is 0 Å². The second kappa shape index (κ2) is 11.2. The van der Waals surface area contributed by atoms with Crippen molar-refractivity contribution in [2.24, 2.45) is 0 Å². The lowest BCUT2D eigenvalue weighted by molar-refractivity contribution is 0.0648. The highest BCUT2D eigenvalue weighted by molar-refractivity contribution is 7.91. The molecule has 0 aliphatic rings. The number of ether oxygens (including phenoxy) is 2. The van der Waals surface area contributed by atoms with Gasteiger partial charge < -0.3 is 29.9 Å². The topological polar surface area (TPSA) is 202 Å². The van der Waals surface area contributed by atoms with Crippen molar-refractivity contribution in [3.05, 3.63) is 107 Å². The summed E-state index contributed by atoms with van der Waals surface area (Å²) in [5, 5.41) is 38.4. The lowest BCUT2D eigenvalue weighted by Gasteiger charge is -2.19. The fraction of sp³-hybridized carbons (Fsp3) is 0. The van der Waals surface area contributed by atoms with Crippen molar-refractivity contribution < 1.29 is 57.5 Å². The summed E-state index contributed by atoms with van der Waals surface area (Å²) in [5.74, 6) is -8.61. The van der Waals surface area contributed by atoms with Gasteiger partial charge in [0.1, 0.15) is 27.5 Å². The van der Waals surface area contributed by atoms with Crippen molar-refractivity contribution in [3.63, 3.8) is 0 Å². The Bertz CT molecular complexity index is 1810. The molecule has 0 saturated heterocycles. The van der Waals surface area contributed by atoms with Gasteiger partial charge in [0.05, 0.1) is 16.0 Å². The average molecular weight is 579 g/mol. The maximum absolute atomic E-state index is 13.6. The number of carboxylic acid groups (broad SMARTS) is 4. The molecule has 208 valence electrons. The first-order valence-electron chi connectivity index (χ1n) is 11.4. The van der Waals surface area contributed by atoms with Gasteiger partial charge in [-0.3, -0.25) is 0 Å². The van der Waals surface area contributed by atoms with E-state index in [1.165, 1.54) is 48.5 Å². The summed E-state index contributed by atoms with van der Waals surface area (Å²) in [6, 6.07) is 17.3. The molecule has 0 aromatic heterocycles. The van der Waals surface area contributed by atoms with E-state index >= 15 is 0 Å². The molecule has 0 heterocycles. The van der Waals surface area contributed by atoms with Gasteiger partial charge >= 0.3 is 23.9 Å². The SMILES string of the molecule is O=C(O)c1cccc(Oc2cccc(S(=O)(=O)c3ccccc3)c2Oc2cccc(C(=O)O)c2C(=O)O)c1C(=O)O. The van der Waals surface area contributed by atoms with Crippen LogP contribution in [0.15, 0.2) is 94.7 Å². The van der Waals surface area contributed by atoms with Gasteiger partial charge in [0, 0.05) is 0 Å². The number of carbonyl (C=O) groups is 4. The van der Waals surface area contributed by atoms with Gasteiger partial charge in [-0.15, -0.1) is 0 Å². The minimum absolute atomic E-state index is 0.182. The summed E-state index contributed by atoms with van der Waals surface area (Å²) in [6.07, 6.45) is 0. The molecular formula is C28H18O12S. The number of carboxylic acids is 4. The van der Waals surface area contributed by atoms with Crippen LogP contribution in [0.2, 0.25) is 0 Å². The highest BCUT2D eigenvalue weighted by atomic mass is 32.2. The zero-order valence-corrected chi connectivity index (χ0v) is 21.4. The van der Waals surface area contributed by atoms with E-state index in [4.69, 9.17) is 9.47 Å². The lowest BCUT2D eigenvalue weighted by Crippen LogP contribution is -2.12. The van der Waals surface area contributed by atoms with Gasteiger partial charge in [-0.2, -0.15) is 0 Å². The smallest absolute Gasteiger partial charge is 0.340 e. The first-order valence-corrected chi connectivity index (χ1v) is 12.9. The standard InChI is InChI=1S/C28H18O12S/c29-25(30)16-9-4-11-18(22(16)27(33)34)39-20-13-6-14-21(41(37,38)15-7-2-1-3-8-15)24(20)40-19-12-5-10-17(26(31)32)23(19)28(35)36/h1-14H,(H,29,30)(H,31,32)(H,33,34)(H,35,36). The van der Waals surface area contributed by atoms with Crippen LogP contribution in [0, 0.1) is 0 Å². The Hall–Kier alpha value is -5.69. The van der Waals surface area contributed by atoms with Crippen LogP contribution in [-0.2, 0) is 9.84 Å². The molecule has 4 aromatic rings. The highest BCUT2D eigenvalue weighted by Gasteiger charge is 2.30. The van der Waals surface area contributed by atoms with Gasteiger partial charge in [0.15, 0.2) is 11.5 Å². The van der Waals surface area contributed by atoms with E-state index in [0.717, 1.165) is 30.3 Å². The van der Waals surface area contributed by atoms with Gasteiger partial charge in [-0.1, -0.05) is 36.4 Å². The molecule has 4 rings (SSSR count). The Morgan fingerprint density at radius 1 is 0.512 bits per heavy atom. The Morgan fingerprint density at radius 3 is 1.46 bits per heavy atom. The molecule has 0 radical (unpaired) electrons. The molecule has 0 saturated carbocycles. The lowest BCUT2D eigenvalue weighted by atomic mass is 10.1. The summed E-state index contributed by atoms with van der Waals surface area (Å²) in [4.78, 5) is 46.6. The number of aromatic carboxylic acids is 4. The van der Waals surface area contributed by atoms with Gasteiger partial charge in [0.2, 0.25) is 9.84 Å². The van der Waals surface area contributed by atoms with Crippen LogP contribution in [-0.4, -0.2) is 52.7 Å². The monoisotopic (exact) mass is 578 g/mol. The quantitative estimate of drug-likeness (QED) is 0.199. The number of hydrogen-bond acceptors (Lipinski definition) is 8. The van der Waals surface area contributed by atoms with Gasteiger partial charge in [0.25, 0.3) is 0 Å². The summed E-state index contributed by atoms with van der Waals surface area (Å²) in [6.45, 7) is 0. The molecule has 0 fully saturated rings. The van der Waals surface area contributed by atoms with Crippen LogP contribution >= 0.6 is 0 Å². The van der Waals surface area contributed by atoms with E-state index in [1.54, 1.807) is 6.07 Å². The average Bonchev–Trinajstić information content (AvgIpc) is 2.93. The fourth-order valence-electron chi connectivity index (χ4n) is 3.87. The normalized spacial score (nSPS) is 10.9. The first kappa shape index (κ1) is 28.3. The second-order valence-electron chi connectivity index (χ2n) is 8.18. The fourth-order valence-corrected chi connectivity index (χ4v) is 5.29. The largest absolute Gasteiger partial charge is 0.478 e. The summed E-state index contributed by atoms with van der Waals surface area (Å²) in [7, 11) is -4.39. The molecule has 0 aliphatic carbocycles. The zero-order valence-electron chi connectivity index (χ0n) is 20.5. The molecule has 0 unspecified atom stereocenters. The Kier molecular flexibility index (Phi) is 7.73. The molecule has 0 aliphatic heterocycles. The number of para-hydroxylation sites is 1. The van der Waals surface area contributed by atoms with E-state index in [0.29, 0.717) is 0 Å². The van der Waals surface area contributed by atoms with Crippen molar-refractivity contribution in [2.45, 2.75) is 9.79 Å². The highest BCUT2D eigenvalue weighted by Crippen LogP contribution is 2.43. The molecule has 4 N–H and O–H groups in total. The predicted molar refractivity (Wildman–Crippen MR) is 139 cm³/mol. The Balaban J connectivity index is 2.00. The van der Waals surface area contributed by atoms with E-state index in [2.05, 4.69) is 0 Å². The molecule has 12 nitrogen and oxygen atoms in total. The third-order valence-electron chi connectivity index (χ3n) is 5.66. The Morgan fingerprint density at radius 2 is 0.976 bits per heavy atom. The Labute approximate surface area is 231 Å². The van der Waals surface area contributed by atoms with Crippen LogP contribution in [0.25, 0.3) is 0 Å². The minimum Gasteiger partial charge on any atom is -0.478 e. The molecular weight excluding hydrogens is 560 g/mol. The summed E-state index contributed by atoms with van der Waals surface area (Å²) < 4.78 is 38.8. The third-order valence-corrected chi connectivity index (χ3v) is 7.45. The van der Waals surface area contributed by atoms with E-state index < -0.39 is 83.9 Å². The van der Waals surface area contributed by atoms with Crippen molar-refractivity contribution in [2.75, 3.05) is 0 Å². The van der Waals surface area contributed by atoms with Crippen molar-refractivity contribution in [1.82, 2.24) is 0 Å². The number of sulfone groups is 1. The predicted octanol–water partition coefficient (Wildman–Crippen LogP) is 4.90. The summed E-state index contributed by atoms with van der Waals surface area (Å²) in [5.41, 5.74) is -2.81. The van der Waals surface area contributed by atoms with Crippen LogP contribution in [0.1, 0.15) is 41.4 Å². The second-order valence-corrected chi connectivity index (χ2v) is 10.1. The zero-order chi connectivity index (χ0) is 29.9. The minimum atomic E-state index is -4.39. The van der Waals surface area contributed by atoms with Crippen LogP contribution in [0.3, 0.4) is 0 Å². The summed E-state index contributed by atoms with van der Waals surface area (Å²) >= 11 is 0. The van der Waals surface area contributed by atoms with Gasteiger partial charge in [-0.25, -0.2) is 27.6 Å². The molecule has 41 heavy (non-hydrogen) atoms. The third kappa shape index (κ3) is 5.55. The molecule has 0 bridgehead atoms. The van der Waals surface area contributed by atoms with Gasteiger partial charge in [-0.05, 0) is 48.5 Å². The molecule has 4 aromatic carbocycles. The number of rotatable bonds is 10. The van der Waals surface area contributed by atoms with E-state index in [1.807, 2.05) is 0 Å². The number of hydrogen-bond donors (Lipinski definition) is 4. The maximum Gasteiger partial charge on any atom is 0.340 e. The van der Waals surface area contributed by atoms with Crippen LogP contribution in [0.5, 0.6) is 23.0 Å². The van der Waals surface area contributed by atoms with E-state index in [9.17, 15) is 48.0 Å². The molecule has 0 atom stereocenters. The molecule has 0 spiro atoms. The van der Waals surface area contributed by atoms with Crippen molar-refractivity contribution in [3.8, 4) is 23.0 Å². The van der Waals surface area contributed by atoms with Crippen molar-refractivity contribution >= 4 is 33.7 Å². The first-order chi connectivity index (χ1) is 19.4.